The fourth-order valence-corrected chi connectivity index (χ4v) is 3.40. The van der Waals surface area contributed by atoms with Gasteiger partial charge in [-0.05, 0) is 50.8 Å². The molecule has 0 aliphatic heterocycles. The van der Waals surface area contributed by atoms with Gasteiger partial charge in [-0.2, -0.15) is 0 Å². The first-order valence-corrected chi connectivity index (χ1v) is 11.1. The first-order chi connectivity index (χ1) is 13.7. The van der Waals surface area contributed by atoms with Crippen LogP contribution in [-0.4, -0.2) is 50.4 Å². The molecule has 10 heteroatoms. The molecule has 0 heterocycles. The minimum absolute atomic E-state index is 0.0261. The predicted octanol–water partition coefficient (Wildman–Crippen LogP) is 2.67. The van der Waals surface area contributed by atoms with Gasteiger partial charge in [0.25, 0.3) is 0 Å². The maximum atomic E-state index is 12.2. The van der Waals surface area contributed by atoms with Crippen LogP contribution in [0.1, 0.15) is 46.6 Å². The Balaban J connectivity index is 2.85. The Kier molecular flexibility index (Phi) is 9.10. The number of ether oxygens (including phenoxy) is 1. The summed E-state index contributed by atoms with van der Waals surface area (Å²) in [5.41, 5.74) is 6.02. The molecule has 1 amide bonds. The molecule has 0 saturated heterocycles. The lowest BCUT2D eigenvalue weighted by Crippen LogP contribution is -2.47. The summed E-state index contributed by atoms with van der Waals surface area (Å²) in [6.45, 7) is 9.33. The highest BCUT2D eigenvalue weighted by Gasteiger charge is 2.23. The highest BCUT2D eigenvalue weighted by atomic mass is 32.2. The van der Waals surface area contributed by atoms with Crippen molar-refractivity contribution < 1.29 is 22.8 Å². The lowest BCUT2D eigenvalue weighted by atomic mass is 10.0. The molecule has 9 nitrogen and oxygen atoms in total. The second-order valence-corrected chi connectivity index (χ2v) is 10.7. The number of amides is 1. The lowest BCUT2D eigenvalue weighted by molar-refractivity contribution is 0.0512. The molecule has 0 radical (unpaired) electrons. The van der Waals surface area contributed by atoms with Crippen LogP contribution in [0.2, 0.25) is 0 Å². The van der Waals surface area contributed by atoms with E-state index in [1.54, 1.807) is 32.9 Å². The number of nitrogens with one attached hydrogen (secondary N) is 1. The van der Waals surface area contributed by atoms with Crippen molar-refractivity contribution in [1.82, 2.24) is 9.62 Å². The van der Waals surface area contributed by atoms with Crippen molar-refractivity contribution in [3.05, 3.63) is 29.8 Å². The van der Waals surface area contributed by atoms with Gasteiger partial charge in [0.2, 0.25) is 10.0 Å². The van der Waals surface area contributed by atoms with E-state index in [0.717, 1.165) is 4.31 Å². The molecule has 170 valence electrons. The van der Waals surface area contributed by atoms with Gasteiger partial charge in [0.1, 0.15) is 12.2 Å². The van der Waals surface area contributed by atoms with Crippen molar-refractivity contribution in [2.45, 2.75) is 64.2 Å². The molecule has 3 N–H and O–H groups in total. The van der Waals surface area contributed by atoms with Crippen molar-refractivity contribution in [2.24, 2.45) is 16.8 Å². The smallest absolute Gasteiger partial charge is 0.408 e. The molecule has 1 rings (SSSR count). The lowest BCUT2D eigenvalue weighted by Gasteiger charge is -2.24. The van der Waals surface area contributed by atoms with Gasteiger partial charge in [-0.1, -0.05) is 31.1 Å². The van der Waals surface area contributed by atoms with Crippen LogP contribution in [0.25, 0.3) is 0 Å². The van der Waals surface area contributed by atoms with Crippen LogP contribution < -0.4 is 11.1 Å². The SMILES string of the molecule is CC(C)CC(NC(=O)OC(C)(C)C)/C(N)=N/OCc1cccc(S(=O)(=O)N(C)C)c1. The molecule has 1 aromatic rings. The second kappa shape index (κ2) is 10.6. The van der Waals surface area contributed by atoms with Crippen LogP contribution in [0.5, 0.6) is 0 Å². The molecular formula is C20H34N4O5S. The third-order valence-corrected chi connectivity index (χ3v) is 5.64. The number of hydrogen-bond donors (Lipinski definition) is 2. The Bertz CT molecular complexity index is 845. The van der Waals surface area contributed by atoms with Crippen LogP contribution >= 0.6 is 0 Å². The molecule has 1 aromatic carbocycles. The normalized spacial score (nSPS) is 14.0. The van der Waals surface area contributed by atoms with Crippen LogP contribution in [-0.2, 0) is 26.2 Å². The average molecular weight is 443 g/mol. The van der Waals surface area contributed by atoms with Gasteiger partial charge < -0.3 is 20.6 Å². The quantitative estimate of drug-likeness (QED) is 0.344. The molecule has 30 heavy (non-hydrogen) atoms. The predicted molar refractivity (Wildman–Crippen MR) is 116 cm³/mol. The van der Waals surface area contributed by atoms with E-state index in [1.165, 1.54) is 26.2 Å². The number of nitrogens with zero attached hydrogens (tertiary/aromatic N) is 2. The number of sulfonamides is 1. The zero-order valence-electron chi connectivity index (χ0n) is 18.8. The molecule has 0 fully saturated rings. The zero-order valence-corrected chi connectivity index (χ0v) is 19.6. The molecule has 1 unspecified atom stereocenters. The Morgan fingerprint density at radius 2 is 1.90 bits per heavy atom. The van der Waals surface area contributed by atoms with E-state index in [0.29, 0.717) is 12.0 Å². The van der Waals surface area contributed by atoms with E-state index in [4.69, 9.17) is 15.3 Å². The summed E-state index contributed by atoms with van der Waals surface area (Å²) in [6, 6.07) is 5.84. The maximum absolute atomic E-state index is 12.2. The van der Waals surface area contributed by atoms with Gasteiger partial charge in [0.15, 0.2) is 5.84 Å². The third kappa shape index (κ3) is 8.58. The summed E-state index contributed by atoms with van der Waals surface area (Å²) in [4.78, 5) is 17.6. The molecule has 0 aromatic heterocycles. The summed E-state index contributed by atoms with van der Waals surface area (Å²) in [5, 5.41) is 6.63. The largest absolute Gasteiger partial charge is 0.444 e. The van der Waals surface area contributed by atoms with Crippen molar-refractivity contribution in [3.63, 3.8) is 0 Å². The Labute approximate surface area is 179 Å². The summed E-state index contributed by atoms with van der Waals surface area (Å²) >= 11 is 0. The molecular weight excluding hydrogens is 408 g/mol. The van der Waals surface area contributed by atoms with Gasteiger partial charge in [0, 0.05) is 14.1 Å². The summed E-state index contributed by atoms with van der Waals surface area (Å²) < 4.78 is 30.9. The van der Waals surface area contributed by atoms with Crippen LogP contribution in [0, 0.1) is 5.92 Å². The minimum atomic E-state index is -3.54. The molecule has 0 aliphatic rings. The van der Waals surface area contributed by atoms with Crippen LogP contribution in [0.4, 0.5) is 4.79 Å². The number of alkyl carbamates (subject to hydrolysis) is 1. The fraction of sp³-hybridized carbons (Fsp3) is 0.600. The van der Waals surface area contributed by atoms with E-state index in [1.807, 2.05) is 13.8 Å². The van der Waals surface area contributed by atoms with Crippen molar-refractivity contribution in [2.75, 3.05) is 14.1 Å². The Morgan fingerprint density at radius 3 is 2.43 bits per heavy atom. The number of amidine groups is 1. The van der Waals surface area contributed by atoms with Gasteiger partial charge in [-0.3, -0.25) is 0 Å². The van der Waals surface area contributed by atoms with Crippen LogP contribution in [0.3, 0.4) is 0 Å². The van der Waals surface area contributed by atoms with Gasteiger partial charge in [0.05, 0.1) is 10.9 Å². The second-order valence-electron chi connectivity index (χ2n) is 8.55. The Morgan fingerprint density at radius 1 is 1.27 bits per heavy atom. The van der Waals surface area contributed by atoms with E-state index < -0.39 is 27.8 Å². The number of nitrogens with two attached hydrogens (primary N) is 1. The number of oxime groups is 1. The maximum Gasteiger partial charge on any atom is 0.408 e. The van der Waals surface area contributed by atoms with E-state index in [9.17, 15) is 13.2 Å². The monoisotopic (exact) mass is 442 g/mol. The first-order valence-electron chi connectivity index (χ1n) is 9.68. The molecule has 0 saturated carbocycles. The van der Waals surface area contributed by atoms with Crippen molar-refractivity contribution in [1.29, 1.82) is 0 Å². The van der Waals surface area contributed by atoms with Gasteiger partial charge in [-0.15, -0.1) is 0 Å². The van der Waals surface area contributed by atoms with E-state index in [2.05, 4.69) is 10.5 Å². The summed E-state index contributed by atoms with van der Waals surface area (Å²) in [5.74, 6) is 0.346. The highest BCUT2D eigenvalue weighted by Crippen LogP contribution is 2.16. The van der Waals surface area contributed by atoms with E-state index in [-0.39, 0.29) is 23.3 Å². The number of carbonyl (C=O) groups is 1. The topological polar surface area (TPSA) is 123 Å². The van der Waals surface area contributed by atoms with Gasteiger partial charge in [-0.25, -0.2) is 17.5 Å². The molecule has 1 atom stereocenters. The molecule has 0 spiro atoms. The Hall–Kier alpha value is -2.33. The number of hydrogen-bond acceptors (Lipinski definition) is 6. The number of benzene rings is 1. The van der Waals surface area contributed by atoms with E-state index >= 15 is 0 Å². The molecule has 0 aliphatic carbocycles. The first kappa shape index (κ1) is 25.7. The number of rotatable bonds is 9. The van der Waals surface area contributed by atoms with Gasteiger partial charge >= 0.3 is 6.09 Å². The summed E-state index contributed by atoms with van der Waals surface area (Å²) in [6.07, 6.45) is -0.0398. The minimum Gasteiger partial charge on any atom is -0.444 e. The van der Waals surface area contributed by atoms with Crippen molar-refractivity contribution in [3.8, 4) is 0 Å². The standard InChI is InChI=1S/C20H34N4O5S/c1-14(2)11-17(22-19(25)29-20(3,4)5)18(21)23-28-13-15-9-8-10-16(12-15)30(26,27)24(6)7/h8-10,12,14,17H,11,13H2,1-7H3,(H2,21,23)(H,22,25). The third-order valence-electron chi connectivity index (χ3n) is 3.83. The molecule has 0 bridgehead atoms. The summed E-state index contributed by atoms with van der Waals surface area (Å²) in [7, 11) is -0.604. The fourth-order valence-electron chi connectivity index (χ4n) is 2.43. The average Bonchev–Trinajstić information content (AvgIpc) is 2.59. The van der Waals surface area contributed by atoms with Crippen molar-refractivity contribution >= 4 is 22.0 Å². The highest BCUT2D eigenvalue weighted by molar-refractivity contribution is 7.89. The van der Waals surface area contributed by atoms with Crippen LogP contribution in [0.15, 0.2) is 34.3 Å². The number of carbonyl (C=O) groups excluding carboxylic acids is 1. The zero-order chi connectivity index (χ0) is 23.1.